The summed E-state index contributed by atoms with van der Waals surface area (Å²) in [6.07, 6.45) is 4.87. The average Bonchev–Trinajstić information content (AvgIpc) is 2.67. The summed E-state index contributed by atoms with van der Waals surface area (Å²) in [7, 11) is 0. The van der Waals surface area contributed by atoms with E-state index in [4.69, 9.17) is 4.74 Å². The molecule has 1 aromatic heterocycles. The van der Waals surface area contributed by atoms with Crippen molar-refractivity contribution in [3.63, 3.8) is 0 Å². The van der Waals surface area contributed by atoms with Gasteiger partial charge in [0.05, 0.1) is 0 Å². The highest BCUT2D eigenvalue weighted by molar-refractivity contribution is 5.96. The molecule has 0 bridgehead atoms. The fourth-order valence-electron chi connectivity index (χ4n) is 3.08. The Kier molecular flexibility index (Phi) is 5.41. The predicted octanol–water partition coefficient (Wildman–Crippen LogP) is 2.74. The van der Waals surface area contributed by atoms with Crippen LogP contribution in [0.4, 0.5) is 0 Å². The number of carbonyl (C=O) groups is 1. The maximum absolute atomic E-state index is 13.1. The van der Waals surface area contributed by atoms with Gasteiger partial charge in [-0.05, 0) is 18.4 Å². The van der Waals surface area contributed by atoms with E-state index in [1.54, 1.807) is 21.8 Å². The van der Waals surface area contributed by atoms with Gasteiger partial charge in [-0.3, -0.25) is 14.3 Å². The molecule has 136 valence electrons. The summed E-state index contributed by atoms with van der Waals surface area (Å²) >= 11 is 0. The molecule has 1 atom stereocenters. The molecule has 2 heterocycles. The van der Waals surface area contributed by atoms with Gasteiger partial charge in [0.1, 0.15) is 13.3 Å². The first kappa shape index (κ1) is 17.8. The third-order valence-corrected chi connectivity index (χ3v) is 4.51. The van der Waals surface area contributed by atoms with Gasteiger partial charge >= 0.3 is 0 Å². The zero-order chi connectivity index (χ0) is 18.5. The summed E-state index contributed by atoms with van der Waals surface area (Å²) in [4.78, 5) is 27.2. The minimum absolute atomic E-state index is 0.0264. The van der Waals surface area contributed by atoms with E-state index >= 15 is 0 Å². The van der Waals surface area contributed by atoms with E-state index in [1.165, 1.54) is 6.07 Å². The van der Waals surface area contributed by atoms with Gasteiger partial charge in [-0.1, -0.05) is 43.3 Å². The molecule has 0 fully saturated rings. The van der Waals surface area contributed by atoms with Gasteiger partial charge < -0.3 is 15.1 Å². The normalized spacial score (nSPS) is 14.3. The zero-order valence-electron chi connectivity index (χ0n) is 14.9. The summed E-state index contributed by atoms with van der Waals surface area (Å²) in [6.45, 7) is 6.40. The quantitative estimate of drug-likeness (QED) is 0.778. The molecule has 1 unspecified atom stereocenters. The second kappa shape index (κ2) is 7.91. The minimum Gasteiger partial charge on any atom is -0.482 e. The van der Waals surface area contributed by atoms with Crippen molar-refractivity contribution in [2.75, 3.05) is 12.1 Å². The van der Waals surface area contributed by atoms with E-state index in [9.17, 15) is 9.59 Å². The van der Waals surface area contributed by atoms with Crippen molar-refractivity contribution < 1.29 is 9.53 Å². The van der Waals surface area contributed by atoms with Gasteiger partial charge in [0.25, 0.3) is 5.91 Å². The predicted molar refractivity (Wildman–Crippen MR) is 101 cm³/mol. The Labute approximate surface area is 152 Å². The van der Waals surface area contributed by atoms with Gasteiger partial charge in [-0.15, -0.1) is 6.58 Å². The highest BCUT2D eigenvalue weighted by Gasteiger charge is 2.32. The third-order valence-electron chi connectivity index (χ3n) is 4.51. The van der Waals surface area contributed by atoms with Crippen LogP contribution in [0.5, 0.6) is 5.75 Å². The number of ether oxygens (including phenoxy) is 1. The molecule has 0 saturated heterocycles. The lowest BCUT2D eigenvalue weighted by Crippen LogP contribution is -2.51. The third kappa shape index (κ3) is 3.49. The van der Waals surface area contributed by atoms with Crippen molar-refractivity contribution in [1.29, 1.82) is 0 Å². The van der Waals surface area contributed by atoms with E-state index < -0.39 is 0 Å². The lowest BCUT2D eigenvalue weighted by molar-refractivity contribution is 0.0636. The van der Waals surface area contributed by atoms with Crippen LogP contribution in [0.2, 0.25) is 0 Å². The SMILES string of the molecule is C=CCC(CC)N1CNn2ccc(=O)c(OCc3ccccc3)c2C1=O. The van der Waals surface area contributed by atoms with Crippen LogP contribution in [0.1, 0.15) is 35.8 Å². The fraction of sp³-hybridized carbons (Fsp3) is 0.300. The first-order valence-electron chi connectivity index (χ1n) is 8.73. The number of carbonyl (C=O) groups excluding carboxylic acids is 1. The molecule has 6 nitrogen and oxygen atoms in total. The molecule has 26 heavy (non-hydrogen) atoms. The summed E-state index contributed by atoms with van der Waals surface area (Å²) in [6, 6.07) is 11.0. The molecule has 0 saturated carbocycles. The smallest absolute Gasteiger partial charge is 0.278 e. The molecule has 6 heteroatoms. The number of amides is 1. The fourth-order valence-corrected chi connectivity index (χ4v) is 3.08. The van der Waals surface area contributed by atoms with Gasteiger partial charge in [0.2, 0.25) is 5.43 Å². The van der Waals surface area contributed by atoms with E-state index in [0.717, 1.165) is 12.0 Å². The van der Waals surface area contributed by atoms with Crippen LogP contribution in [-0.2, 0) is 6.61 Å². The monoisotopic (exact) mass is 353 g/mol. The Balaban J connectivity index is 1.92. The second-order valence-electron chi connectivity index (χ2n) is 6.18. The first-order chi connectivity index (χ1) is 12.7. The van der Waals surface area contributed by atoms with E-state index in [2.05, 4.69) is 12.0 Å². The van der Waals surface area contributed by atoms with Crippen molar-refractivity contribution in [2.45, 2.75) is 32.4 Å². The first-order valence-corrected chi connectivity index (χ1v) is 8.73. The van der Waals surface area contributed by atoms with Crippen LogP contribution in [0.3, 0.4) is 0 Å². The van der Waals surface area contributed by atoms with E-state index in [1.807, 2.05) is 37.3 Å². The molecule has 3 rings (SSSR count). The van der Waals surface area contributed by atoms with Crippen LogP contribution < -0.4 is 15.6 Å². The summed E-state index contributed by atoms with van der Waals surface area (Å²) in [5.41, 5.74) is 4.02. The Morgan fingerprint density at radius 3 is 2.73 bits per heavy atom. The van der Waals surface area contributed by atoms with Gasteiger partial charge in [-0.2, -0.15) is 0 Å². The van der Waals surface area contributed by atoms with Crippen molar-refractivity contribution in [2.24, 2.45) is 0 Å². The summed E-state index contributed by atoms with van der Waals surface area (Å²) in [5.74, 6) is -0.134. The van der Waals surface area contributed by atoms with Crippen molar-refractivity contribution in [1.82, 2.24) is 9.58 Å². The second-order valence-corrected chi connectivity index (χ2v) is 6.18. The lowest BCUT2D eigenvalue weighted by Gasteiger charge is -2.36. The van der Waals surface area contributed by atoms with Crippen LogP contribution in [0.25, 0.3) is 0 Å². The number of fused-ring (bicyclic) bond motifs is 1. The van der Waals surface area contributed by atoms with Crippen LogP contribution in [-0.4, -0.2) is 28.2 Å². The highest BCUT2D eigenvalue weighted by Crippen LogP contribution is 2.22. The molecular formula is C20H23N3O3. The Hall–Kier alpha value is -3.02. The maximum Gasteiger partial charge on any atom is 0.278 e. The number of benzene rings is 1. The van der Waals surface area contributed by atoms with Crippen molar-refractivity contribution in [3.8, 4) is 5.75 Å². The number of nitrogens with zero attached hydrogens (tertiary/aromatic N) is 2. The molecule has 1 aliphatic rings. The number of pyridine rings is 1. The zero-order valence-corrected chi connectivity index (χ0v) is 14.9. The number of aromatic nitrogens is 1. The Morgan fingerprint density at radius 2 is 2.04 bits per heavy atom. The van der Waals surface area contributed by atoms with E-state index in [-0.39, 0.29) is 35.4 Å². The Morgan fingerprint density at radius 1 is 1.27 bits per heavy atom. The topological polar surface area (TPSA) is 63.6 Å². The van der Waals surface area contributed by atoms with Crippen molar-refractivity contribution >= 4 is 5.91 Å². The number of nitrogens with one attached hydrogen (secondary N) is 1. The highest BCUT2D eigenvalue weighted by atomic mass is 16.5. The van der Waals surface area contributed by atoms with E-state index in [0.29, 0.717) is 13.1 Å². The number of rotatable bonds is 7. The summed E-state index contributed by atoms with van der Waals surface area (Å²) in [5, 5.41) is 0. The van der Waals surface area contributed by atoms with Crippen molar-refractivity contribution in [3.05, 3.63) is 76.7 Å². The van der Waals surface area contributed by atoms with Crippen LogP contribution in [0.15, 0.2) is 60.0 Å². The van der Waals surface area contributed by atoms with Gasteiger partial charge in [-0.25, -0.2) is 0 Å². The maximum atomic E-state index is 13.1. The number of hydrogen-bond donors (Lipinski definition) is 1. The Bertz CT molecular complexity index is 845. The minimum atomic E-state index is -0.305. The molecular weight excluding hydrogens is 330 g/mol. The van der Waals surface area contributed by atoms with Gasteiger partial charge in [0, 0.05) is 18.3 Å². The summed E-state index contributed by atoms with van der Waals surface area (Å²) < 4.78 is 7.34. The largest absolute Gasteiger partial charge is 0.482 e. The molecule has 2 aromatic rings. The standard InChI is InChI=1S/C20H23N3O3/c1-3-8-16(4-2)22-14-21-23-12-11-17(24)19(18(23)20(22)25)26-13-15-9-6-5-7-10-15/h3,5-7,9-12,16,21H,1,4,8,13-14H2,2H3. The average molecular weight is 353 g/mol. The van der Waals surface area contributed by atoms with Crippen LogP contribution in [0, 0.1) is 0 Å². The molecule has 0 spiro atoms. The molecule has 1 aromatic carbocycles. The molecule has 0 aliphatic carbocycles. The van der Waals surface area contributed by atoms with Gasteiger partial charge in [0.15, 0.2) is 11.4 Å². The molecule has 1 N–H and O–H groups in total. The molecule has 1 aliphatic heterocycles. The molecule has 0 radical (unpaired) electrons. The molecule has 1 amide bonds. The lowest BCUT2D eigenvalue weighted by atomic mass is 10.1. The number of hydrogen-bond acceptors (Lipinski definition) is 4. The van der Waals surface area contributed by atoms with Crippen LogP contribution >= 0.6 is 0 Å².